The molecule has 2 aromatic heterocycles. The predicted octanol–water partition coefficient (Wildman–Crippen LogP) is 2.09. The molecule has 1 aromatic carbocycles. The number of fused-ring (bicyclic) bond motifs is 1. The number of benzene rings is 1. The molecule has 96 valence electrons. The van der Waals surface area contributed by atoms with Gasteiger partial charge in [-0.2, -0.15) is 4.98 Å². The third-order valence-corrected chi connectivity index (χ3v) is 2.93. The van der Waals surface area contributed by atoms with Gasteiger partial charge in [-0.15, -0.1) is 0 Å². The summed E-state index contributed by atoms with van der Waals surface area (Å²) >= 11 is 0. The molecule has 19 heavy (non-hydrogen) atoms. The third kappa shape index (κ3) is 2.17. The number of aromatic nitrogens is 4. The van der Waals surface area contributed by atoms with Crippen LogP contribution in [0.4, 0.5) is 0 Å². The molecule has 0 fully saturated rings. The van der Waals surface area contributed by atoms with Gasteiger partial charge in [-0.05, 0) is 24.6 Å². The van der Waals surface area contributed by atoms with Gasteiger partial charge in [0.15, 0.2) is 5.82 Å². The zero-order valence-electron chi connectivity index (χ0n) is 10.4. The quantitative estimate of drug-likeness (QED) is 0.770. The number of nitrogens with zero attached hydrogens (tertiary/aromatic N) is 4. The molecule has 2 heterocycles. The van der Waals surface area contributed by atoms with Crippen LogP contribution in [0.5, 0.6) is 0 Å². The van der Waals surface area contributed by atoms with Crippen LogP contribution in [-0.4, -0.2) is 20.1 Å². The van der Waals surface area contributed by atoms with Crippen LogP contribution in [0.15, 0.2) is 35.1 Å². The molecule has 0 aliphatic rings. The SMILES string of the molecule is CCC(N)c1noc(-c2ccc3nccnc3c2)n1. The van der Waals surface area contributed by atoms with E-state index in [9.17, 15) is 0 Å². The highest BCUT2D eigenvalue weighted by atomic mass is 16.5. The van der Waals surface area contributed by atoms with E-state index in [0.29, 0.717) is 11.7 Å². The maximum absolute atomic E-state index is 5.87. The van der Waals surface area contributed by atoms with Gasteiger partial charge in [0.2, 0.25) is 0 Å². The molecule has 3 aromatic rings. The standard InChI is InChI=1S/C13H13N5O/c1-2-9(14)12-17-13(19-18-12)8-3-4-10-11(7-8)16-6-5-15-10/h3-7,9H,2,14H2,1H3. The zero-order valence-corrected chi connectivity index (χ0v) is 10.4. The zero-order chi connectivity index (χ0) is 13.2. The fourth-order valence-electron chi connectivity index (χ4n) is 1.78. The minimum absolute atomic E-state index is 0.197. The summed E-state index contributed by atoms with van der Waals surface area (Å²) in [6.07, 6.45) is 4.08. The molecule has 0 saturated heterocycles. The topological polar surface area (TPSA) is 90.7 Å². The van der Waals surface area contributed by atoms with Gasteiger partial charge in [0.25, 0.3) is 5.89 Å². The molecule has 6 heteroatoms. The van der Waals surface area contributed by atoms with Crippen molar-refractivity contribution in [3.63, 3.8) is 0 Å². The Morgan fingerprint density at radius 3 is 2.79 bits per heavy atom. The lowest BCUT2D eigenvalue weighted by Gasteiger charge is -1.99. The van der Waals surface area contributed by atoms with E-state index in [2.05, 4.69) is 20.1 Å². The minimum Gasteiger partial charge on any atom is -0.334 e. The Labute approximate surface area is 109 Å². The van der Waals surface area contributed by atoms with E-state index in [4.69, 9.17) is 10.3 Å². The fourth-order valence-corrected chi connectivity index (χ4v) is 1.78. The molecular formula is C13H13N5O. The van der Waals surface area contributed by atoms with Crippen LogP contribution in [0, 0.1) is 0 Å². The van der Waals surface area contributed by atoms with Crippen molar-refractivity contribution in [2.75, 3.05) is 0 Å². The molecule has 2 N–H and O–H groups in total. The first-order chi connectivity index (χ1) is 9.28. The first-order valence-corrected chi connectivity index (χ1v) is 6.08. The summed E-state index contributed by atoms with van der Waals surface area (Å²) in [5.74, 6) is 0.975. The smallest absolute Gasteiger partial charge is 0.258 e. The van der Waals surface area contributed by atoms with Gasteiger partial charge in [0, 0.05) is 18.0 Å². The second-order valence-electron chi connectivity index (χ2n) is 4.23. The average Bonchev–Trinajstić information content (AvgIpc) is 2.95. The summed E-state index contributed by atoms with van der Waals surface area (Å²) in [5.41, 5.74) is 8.30. The molecule has 3 rings (SSSR count). The first-order valence-electron chi connectivity index (χ1n) is 6.08. The summed E-state index contributed by atoms with van der Waals surface area (Å²) in [6, 6.07) is 5.43. The largest absolute Gasteiger partial charge is 0.334 e. The van der Waals surface area contributed by atoms with Crippen molar-refractivity contribution in [2.45, 2.75) is 19.4 Å². The van der Waals surface area contributed by atoms with Gasteiger partial charge in [-0.1, -0.05) is 12.1 Å². The predicted molar refractivity (Wildman–Crippen MR) is 70.0 cm³/mol. The highest BCUT2D eigenvalue weighted by Gasteiger charge is 2.14. The van der Waals surface area contributed by atoms with Crippen molar-refractivity contribution in [3.8, 4) is 11.5 Å². The lowest BCUT2D eigenvalue weighted by atomic mass is 10.2. The molecular weight excluding hydrogens is 242 g/mol. The van der Waals surface area contributed by atoms with Crippen LogP contribution < -0.4 is 5.73 Å². The van der Waals surface area contributed by atoms with E-state index in [1.54, 1.807) is 12.4 Å². The first kappa shape index (κ1) is 11.7. The van der Waals surface area contributed by atoms with E-state index in [1.165, 1.54) is 0 Å². The van der Waals surface area contributed by atoms with Crippen molar-refractivity contribution >= 4 is 11.0 Å². The number of rotatable bonds is 3. The highest BCUT2D eigenvalue weighted by Crippen LogP contribution is 2.22. The minimum atomic E-state index is -0.197. The van der Waals surface area contributed by atoms with Gasteiger partial charge in [-0.3, -0.25) is 9.97 Å². The van der Waals surface area contributed by atoms with Gasteiger partial charge < -0.3 is 10.3 Å². The van der Waals surface area contributed by atoms with Crippen molar-refractivity contribution in [1.29, 1.82) is 0 Å². The summed E-state index contributed by atoms with van der Waals surface area (Å²) in [7, 11) is 0. The molecule has 0 bridgehead atoms. The Morgan fingerprint density at radius 2 is 2.00 bits per heavy atom. The average molecular weight is 255 g/mol. The van der Waals surface area contributed by atoms with Gasteiger partial charge in [-0.25, -0.2) is 0 Å². The second kappa shape index (κ2) is 4.74. The van der Waals surface area contributed by atoms with Crippen LogP contribution in [0.25, 0.3) is 22.5 Å². The molecule has 1 atom stereocenters. The maximum atomic E-state index is 5.87. The second-order valence-corrected chi connectivity index (χ2v) is 4.23. The Bertz CT molecular complexity index is 709. The lowest BCUT2D eigenvalue weighted by molar-refractivity contribution is 0.415. The van der Waals surface area contributed by atoms with E-state index in [1.807, 2.05) is 25.1 Å². The monoisotopic (exact) mass is 255 g/mol. The van der Waals surface area contributed by atoms with Crippen molar-refractivity contribution < 1.29 is 4.52 Å². The Morgan fingerprint density at radius 1 is 1.21 bits per heavy atom. The van der Waals surface area contributed by atoms with Crippen LogP contribution in [0.1, 0.15) is 25.2 Å². The molecule has 0 aliphatic carbocycles. The number of hydrogen-bond acceptors (Lipinski definition) is 6. The number of hydrogen-bond donors (Lipinski definition) is 1. The lowest BCUT2D eigenvalue weighted by Crippen LogP contribution is -2.10. The van der Waals surface area contributed by atoms with Crippen LogP contribution in [0.3, 0.4) is 0 Å². The normalized spacial score (nSPS) is 12.7. The van der Waals surface area contributed by atoms with Crippen LogP contribution >= 0.6 is 0 Å². The Kier molecular flexibility index (Phi) is 2.92. The van der Waals surface area contributed by atoms with E-state index in [0.717, 1.165) is 23.0 Å². The Balaban J connectivity index is 2.01. The van der Waals surface area contributed by atoms with Gasteiger partial charge in [0.1, 0.15) is 0 Å². The van der Waals surface area contributed by atoms with Crippen LogP contribution in [0.2, 0.25) is 0 Å². The van der Waals surface area contributed by atoms with Crippen molar-refractivity contribution in [2.24, 2.45) is 5.73 Å². The molecule has 6 nitrogen and oxygen atoms in total. The van der Waals surface area contributed by atoms with Gasteiger partial charge in [0.05, 0.1) is 17.1 Å². The Hall–Kier alpha value is -2.34. The summed E-state index contributed by atoms with van der Waals surface area (Å²) in [4.78, 5) is 12.8. The maximum Gasteiger partial charge on any atom is 0.258 e. The molecule has 0 saturated carbocycles. The molecule has 0 aliphatic heterocycles. The van der Waals surface area contributed by atoms with Crippen molar-refractivity contribution in [3.05, 3.63) is 36.4 Å². The number of nitrogens with two attached hydrogens (primary N) is 1. The molecule has 0 radical (unpaired) electrons. The van der Waals surface area contributed by atoms with Crippen molar-refractivity contribution in [1.82, 2.24) is 20.1 Å². The van der Waals surface area contributed by atoms with Crippen LogP contribution in [-0.2, 0) is 0 Å². The van der Waals surface area contributed by atoms with E-state index >= 15 is 0 Å². The van der Waals surface area contributed by atoms with E-state index in [-0.39, 0.29) is 6.04 Å². The van der Waals surface area contributed by atoms with E-state index < -0.39 is 0 Å². The molecule has 1 unspecified atom stereocenters. The third-order valence-electron chi connectivity index (χ3n) is 2.93. The fraction of sp³-hybridized carbons (Fsp3) is 0.231. The highest BCUT2D eigenvalue weighted by molar-refractivity contribution is 5.79. The molecule has 0 spiro atoms. The summed E-state index contributed by atoms with van der Waals surface area (Å²) in [6.45, 7) is 1.98. The molecule has 0 amide bonds. The summed E-state index contributed by atoms with van der Waals surface area (Å²) in [5, 5.41) is 3.90. The summed E-state index contributed by atoms with van der Waals surface area (Å²) < 4.78 is 5.23. The van der Waals surface area contributed by atoms with Gasteiger partial charge >= 0.3 is 0 Å².